The summed E-state index contributed by atoms with van der Waals surface area (Å²) in [7, 11) is 0. The molecule has 1 N–H and O–H groups in total. The molecule has 0 spiro atoms. The number of ether oxygens (including phenoxy) is 1. The molecule has 0 radical (unpaired) electrons. The molecule has 2 aromatic rings. The number of carbonyl (C=O) groups excluding carboxylic acids is 1. The van der Waals surface area contributed by atoms with Crippen LogP contribution in [0.1, 0.15) is 27.5 Å². The maximum atomic E-state index is 12.1. The molecule has 2 heterocycles. The molecule has 112 valence electrons. The van der Waals surface area contributed by atoms with E-state index in [2.05, 4.69) is 9.97 Å². The van der Waals surface area contributed by atoms with Gasteiger partial charge in [0.2, 0.25) is 0 Å². The number of nitrogens with zero attached hydrogens (tertiary/aromatic N) is 1. The van der Waals surface area contributed by atoms with E-state index in [1.165, 1.54) is 0 Å². The summed E-state index contributed by atoms with van der Waals surface area (Å²) < 4.78 is 4.46. The second-order valence-electron chi connectivity index (χ2n) is 5.15. The first-order valence-electron chi connectivity index (χ1n) is 6.34. The van der Waals surface area contributed by atoms with Crippen LogP contribution >= 0.6 is 34.5 Å². The molecule has 0 saturated heterocycles. The van der Waals surface area contributed by atoms with Crippen LogP contribution in [0.3, 0.4) is 0 Å². The maximum Gasteiger partial charge on any atom is 0.348 e. The van der Waals surface area contributed by atoms with E-state index in [-0.39, 0.29) is 18.1 Å². The lowest BCUT2D eigenvalue weighted by Crippen LogP contribution is -2.11. The minimum atomic E-state index is -0.773. The second-order valence-corrected chi connectivity index (χ2v) is 7.69. The molecule has 3 rings (SSSR count). The van der Waals surface area contributed by atoms with Crippen LogP contribution in [0.4, 0.5) is 0 Å². The molecule has 0 aromatic carbocycles. The molecule has 1 atom stereocenters. The predicted octanol–water partition coefficient (Wildman–Crippen LogP) is 2.95. The fraction of sp³-hybridized carbons (Fsp3) is 0.462. The molecule has 8 heteroatoms. The zero-order valence-electron chi connectivity index (χ0n) is 11.3. The fourth-order valence-electron chi connectivity index (χ4n) is 2.14. The number of H-pyrrole nitrogens is 1. The summed E-state index contributed by atoms with van der Waals surface area (Å²) in [6.45, 7) is 3.59. The first kappa shape index (κ1) is 14.8. The van der Waals surface area contributed by atoms with E-state index in [4.69, 9.17) is 27.9 Å². The monoisotopic (exact) mass is 346 g/mol. The number of fused-ring (bicyclic) bond motifs is 1. The number of alkyl halides is 2. The van der Waals surface area contributed by atoms with Crippen molar-refractivity contribution in [3.05, 3.63) is 26.6 Å². The Labute approximate surface area is 134 Å². The highest BCUT2D eigenvalue weighted by molar-refractivity contribution is 7.20. The molecule has 0 aliphatic heterocycles. The summed E-state index contributed by atoms with van der Waals surface area (Å²) in [6, 6.07) is 0. The standard InChI is InChI=1S/C13H12Cl2N2O3S/c1-5-8-10(18)16-6(2)17-11(8)21-9(5)12(19)20-4-7-3-13(7,14)15/h7H,3-4H2,1-2H3,(H,16,17,18)/t7-/m1/s1. The third kappa shape index (κ3) is 2.67. The van der Waals surface area contributed by atoms with Gasteiger partial charge in [-0.2, -0.15) is 0 Å². The van der Waals surface area contributed by atoms with Gasteiger partial charge in [0.1, 0.15) is 19.9 Å². The van der Waals surface area contributed by atoms with Crippen LogP contribution in [0, 0.1) is 19.8 Å². The number of esters is 1. The van der Waals surface area contributed by atoms with Crippen molar-refractivity contribution >= 4 is 50.7 Å². The largest absolute Gasteiger partial charge is 0.461 e. The molecule has 0 unspecified atom stereocenters. The lowest BCUT2D eigenvalue weighted by atomic mass is 10.2. The number of hydrogen-bond donors (Lipinski definition) is 1. The van der Waals surface area contributed by atoms with Gasteiger partial charge in [0.15, 0.2) is 0 Å². The molecular formula is C13H12Cl2N2O3S. The third-order valence-electron chi connectivity index (χ3n) is 3.48. The third-order valence-corrected chi connectivity index (χ3v) is 5.57. The van der Waals surface area contributed by atoms with Gasteiger partial charge in [0.05, 0.1) is 12.0 Å². The molecule has 1 fully saturated rings. The van der Waals surface area contributed by atoms with Crippen LogP contribution in [-0.4, -0.2) is 26.9 Å². The molecule has 1 saturated carbocycles. The first-order chi connectivity index (χ1) is 9.79. The molecule has 21 heavy (non-hydrogen) atoms. The topological polar surface area (TPSA) is 72.0 Å². The maximum absolute atomic E-state index is 12.1. The summed E-state index contributed by atoms with van der Waals surface area (Å²) in [4.78, 5) is 31.9. The highest BCUT2D eigenvalue weighted by Crippen LogP contribution is 2.53. The van der Waals surface area contributed by atoms with Crippen molar-refractivity contribution in [3.63, 3.8) is 0 Å². The van der Waals surface area contributed by atoms with Gasteiger partial charge in [-0.25, -0.2) is 9.78 Å². The average molecular weight is 347 g/mol. The summed E-state index contributed by atoms with van der Waals surface area (Å²) in [5.41, 5.74) is 0.348. The molecule has 5 nitrogen and oxygen atoms in total. The zero-order valence-corrected chi connectivity index (χ0v) is 13.7. The number of aromatic amines is 1. The first-order valence-corrected chi connectivity index (χ1v) is 7.92. The number of nitrogens with one attached hydrogen (secondary N) is 1. The summed E-state index contributed by atoms with van der Waals surface area (Å²) in [5.74, 6) is 0.0209. The van der Waals surface area contributed by atoms with E-state index in [0.717, 1.165) is 11.3 Å². The molecule has 1 aliphatic carbocycles. The van der Waals surface area contributed by atoms with Gasteiger partial charge >= 0.3 is 5.97 Å². The molecule has 2 aromatic heterocycles. The van der Waals surface area contributed by atoms with Crippen molar-refractivity contribution in [1.82, 2.24) is 9.97 Å². The predicted molar refractivity (Wildman–Crippen MR) is 82.5 cm³/mol. The van der Waals surface area contributed by atoms with E-state index >= 15 is 0 Å². The molecule has 0 amide bonds. The zero-order chi connectivity index (χ0) is 15.4. The van der Waals surface area contributed by atoms with Gasteiger partial charge in [-0.3, -0.25) is 4.79 Å². The Morgan fingerprint density at radius 3 is 2.81 bits per heavy atom. The number of rotatable bonds is 3. The van der Waals surface area contributed by atoms with Crippen molar-refractivity contribution in [2.24, 2.45) is 5.92 Å². The van der Waals surface area contributed by atoms with E-state index in [0.29, 0.717) is 32.9 Å². The lowest BCUT2D eigenvalue weighted by molar-refractivity contribution is 0.0490. The van der Waals surface area contributed by atoms with Crippen LogP contribution in [-0.2, 0) is 4.74 Å². The minimum absolute atomic E-state index is 0.0248. The quantitative estimate of drug-likeness (QED) is 0.684. The van der Waals surface area contributed by atoms with Gasteiger partial charge in [-0.15, -0.1) is 34.5 Å². The molecular weight excluding hydrogens is 335 g/mol. The van der Waals surface area contributed by atoms with Crippen molar-refractivity contribution in [2.75, 3.05) is 6.61 Å². The molecule has 1 aliphatic rings. The Kier molecular flexibility index (Phi) is 3.50. The lowest BCUT2D eigenvalue weighted by Gasteiger charge is -2.03. The van der Waals surface area contributed by atoms with E-state index in [1.54, 1.807) is 13.8 Å². The normalized spacial score (nSPS) is 19.7. The van der Waals surface area contributed by atoms with Crippen LogP contribution in [0.5, 0.6) is 0 Å². The summed E-state index contributed by atoms with van der Waals surface area (Å²) >= 11 is 12.9. The Morgan fingerprint density at radius 2 is 2.19 bits per heavy atom. The van der Waals surface area contributed by atoms with Gasteiger partial charge in [-0.1, -0.05) is 0 Å². The number of aryl methyl sites for hydroxylation is 2. The van der Waals surface area contributed by atoms with Crippen molar-refractivity contribution in [1.29, 1.82) is 0 Å². The second kappa shape index (κ2) is 4.97. The highest BCUT2D eigenvalue weighted by atomic mass is 35.5. The highest BCUT2D eigenvalue weighted by Gasteiger charge is 2.52. The summed E-state index contributed by atoms with van der Waals surface area (Å²) in [6.07, 6.45) is 0.620. The van der Waals surface area contributed by atoms with Crippen LogP contribution < -0.4 is 5.56 Å². The Hall–Kier alpha value is -1.11. The molecule has 0 bridgehead atoms. The Bertz CT molecular complexity index is 797. The van der Waals surface area contributed by atoms with Crippen molar-refractivity contribution in [3.8, 4) is 0 Å². The number of hydrogen-bond acceptors (Lipinski definition) is 5. The average Bonchev–Trinajstić information content (AvgIpc) is 2.84. The smallest absolute Gasteiger partial charge is 0.348 e. The van der Waals surface area contributed by atoms with Crippen LogP contribution in [0.25, 0.3) is 10.2 Å². The van der Waals surface area contributed by atoms with Crippen LogP contribution in [0.2, 0.25) is 0 Å². The number of carbonyl (C=O) groups is 1. The number of aromatic nitrogens is 2. The van der Waals surface area contributed by atoms with Crippen molar-refractivity contribution < 1.29 is 9.53 Å². The van der Waals surface area contributed by atoms with E-state index in [9.17, 15) is 9.59 Å². The number of thiophene rings is 1. The van der Waals surface area contributed by atoms with Gasteiger partial charge < -0.3 is 9.72 Å². The van der Waals surface area contributed by atoms with E-state index < -0.39 is 10.3 Å². The fourth-order valence-corrected chi connectivity index (χ4v) is 3.76. The Morgan fingerprint density at radius 1 is 1.52 bits per heavy atom. The van der Waals surface area contributed by atoms with Gasteiger partial charge in [-0.05, 0) is 25.8 Å². The van der Waals surface area contributed by atoms with Gasteiger partial charge in [0, 0.05) is 5.92 Å². The van der Waals surface area contributed by atoms with Crippen LogP contribution in [0.15, 0.2) is 4.79 Å². The van der Waals surface area contributed by atoms with Crippen molar-refractivity contribution in [2.45, 2.75) is 24.6 Å². The minimum Gasteiger partial charge on any atom is -0.461 e. The van der Waals surface area contributed by atoms with E-state index in [1.807, 2.05) is 0 Å². The number of halogens is 2. The van der Waals surface area contributed by atoms with Gasteiger partial charge in [0.25, 0.3) is 5.56 Å². The SMILES string of the molecule is Cc1nc2sc(C(=O)OC[C@H]3CC3(Cl)Cl)c(C)c2c(=O)[nH]1. The Balaban J connectivity index is 1.87. The summed E-state index contributed by atoms with van der Waals surface area (Å²) in [5, 5.41) is 0.438.